The lowest BCUT2D eigenvalue weighted by atomic mass is 10.2. The van der Waals surface area contributed by atoms with Crippen LogP contribution in [0.15, 0.2) is 29.4 Å². The minimum atomic E-state index is 0.298. The van der Waals surface area contributed by atoms with E-state index in [4.69, 9.17) is 27.5 Å². The van der Waals surface area contributed by atoms with Crippen molar-refractivity contribution in [3.63, 3.8) is 0 Å². The Bertz CT molecular complexity index is 416. The van der Waals surface area contributed by atoms with Crippen LogP contribution in [0.5, 0.6) is 5.75 Å². The zero-order valence-corrected chi connectivity index (χ0v) is 11.5. The fourth-order valence-electron chi connectivity index (χ4n) is 1.36. The monoisotopic (exact) mass is 266 g/mol. The van der Waals surface area contributed by atoms with Gasteiger partial charge in [0.2, 0.25) is 0 Å². The quantitative estimate of drug-likeness (QED) is 0.468. The Hall–Kier alpha value is -1.62. The second-order valence-corrected chi connectivity index (χ2v) is 4.21. The van der Waals surface area contributed by atoms with E-state index >= 15 is 0 Å². The highest BCUT2D eigenvalue weighted by Crippen LogP contribution is 2.12. The molecule has 0 aliphatic rings. The van der Waals surface area contributed by atoms with Gasteiger partial charge < -0.3 is 15.3 Å². The van der Waals surface area contributed by atoms with Crippen LogP contribution < -0.4 is 10.5 Å². The SMILES string of the molecule is CCCC(=NOCc1ccc(OC)cc1)C(N)=S. The first-order valence-corrected chi connectivity index (χ1v) is 6.19. The number of benzene rings is 1. The van der Waals surface area contributed by atoms with Crippen LogP contribution in [0.1, 0.15) is 25.3 Å². The lowest BCUT2D eigenvalue weighted by Gasteiger charge is -2.05. The molecule has 98 valence electrons. The molecule has 0 spiro atoms. The first-order valence-electron chi connectivity index (χ1n) is 5.79. The maximum absolute atomic E-state index is 5.54. The van der Waals surface area contributed by atoms with Gasteiger partial charge in [-0.15, -0.1) is 0 Å². The van der Waals surface area contributed by atoms with Gasteiger partial charge in [0, 0.05) is 0 Å². The molecule has 5 heteroatoms. The van der Waals surface area contributed by atoms with E-state index < -0.39 is 0 Å². The van der Waals surface area contributed by atoms with Crippen molar-refractivity contribution < 1.29 is 9.57 Å². The molecule has 1 aromatic carbocycles. The van der Waals surface area contributed by atoms with E-state index in [0.29, 0.717) is 17.3 Å². The predicted molar refractivity (Wildman–Crippen MR) is 76.9 cm³/mol. The van der Waals surface area contributed by atoms with Crippen molar-refractivity contribution in [3.05, 3.63) is 29.8 Å². The lowest BCUT2D eigenvalue weighted by molar-refractivity contribution is 0.130. The third-order valence-electron chi connectivity index (χ3n) is 2.34. The standard InChI is InChI=1S/C13H18N2O2S/c1-3-4-12(13(14)18)15-17-9-10-5-7-11(16-2)8-6-10/h5-8H,3-4,9H2,1-2H3,(H2,14,18). The molecule has 1 aromatic rings. The zero-order chi connectivity index (χ0) is 13.4. The second-order valence-electron chi connectivity index (χ2n) is 3.77. The second kappa shape index (κ2) is 7.66. The van der Waals surface area contributed by atoms with Crippen molar-refractivity contribution in [2.24, 2.45) is 10.9 Å². The highest BCUT2D eigenvalue weighted by atomic mass is 32.1. The summed E-state index contributed by atoms with van der Waals surface area (Å²) in [6, 6.07) is 7.61. The number of nitrogens with zero attached hydrogens (tertiary/aromatic N) is 1. The maximum atomic E-state index is 5.54. The molecule has 0 unspecified atom stereocenters. The molecular weight excluding hydrogens is 248 g/mol. The molecule has 0 saturated heterocycles. The van der Waals surface area contributed by atoms with E-state index in [1.807, 2.05) is 31.2 Å². The zero-order valence-electron chi connectivity index (χ0n) is 10.7. The van der Waals surface area contributed by atoms with Gasteiger partial charge in [0.15, 0.2) is 0 Å². The van der Waals surface area contributed by atoms with Gasteiger partial charge in [-0.3, -0.25) is 0 Å². The van der Waals surface area contributed by atoms with Crippen LogP contribution in [-0.4, -0.2) is 17.8 Å². The van der Waals surface area contributed by atoms with Crippen LogP contribution >= 0.6 is 12.2 Å². The van der Waals surface area contributed by atoms with Gasteiger partial charge in [0.25, 0.3) is 0 Å². The molecule has 0 saturated carbocycles. The molecule has 0 aromatic heterocycles. The molecule has 1 rings (SSSR count). The summed E-state index contributed by atoms with van der Waals surface area (Å²) in [5.74, 6) is 0.817. The van der Waals surface area contributed by atoms with Gasteiger partial charge >= 0.3 is 0 Å². The molecule has 0 aliphatic heterocycles. The minimum absolute atomic E-state index is 0.298. The molecule has 0 amide bonds. The Morgan fingerprint density at radius 2 is 2.00 bits per heavy atom. The average Bonchev–Trinajstić information content (AvgIpc) is 2.38. The highest BCUT2D eigenvalue weighted by molar-refractivity contribution is 7.82. The van der Waals surface area contributed by atoms with Crippen molar-refractivity contribution in [1.29, 1.82) is 0 Å². The number of oxime groups is 1. The maximum Gasteiger partial charge on any atom is 0.142 e. The van der Waals surface area contributed by atoms with Gasteiger partial charge in [0.05, 0.1) is 7.11 Å². The molecule has 18 heavy (non-hydrogen) atoms. The van der Waals surface area contributed by atoms with E-state index in [1.54, 1.807) is 7.11 Å². The highest BCUT2D eigenvalue weighted by Gasteiger charge is 2.02. The summed E-state index contributed by atoms with van der Waals surface area (Å²) in [5.41, 5.74) is 7.20. The normalized spacial score (nSPS) is 11.1. The number of hydrogen-bond acceptors (Lipinski definition) is 4. The topological polar surface area (TPSA) is 56.8 Å². The molecule has 0 bridgehead atoms. The van der Waals surface area contributed by atoms with Crippen LogP contribution in [0.2, 0.25) is 0 Å². The Labute approximate surface area is 113 Å². The molecular formula is C13H18N2O2S. The number of nitrogens with two attached hydrogens (primary N) is 1. The fraction of sp³-hybridized carbons (Fsp3) is 0.385. The Morgan fingerprint density at radius 1 is 1.33 bits per heavy atom. The molecule has 0 radical (unpaired) electrons. The molecule has 0 aliphatic carbocycles. The number of methoxy groups -OCH3 is 1. The third kappa shape index (κ3) is 4.71. The van der Waals surface area contributed by atoms with Crippen molar-refractivity contribution in [2.45, 2.75) is 26.4 Å². The van der Waals surface area contributed by atoms with Gasteiger partial charge in [-0.2, -0.15) is 0 Å². The number of hydrogen-bond donors (Lipinski definition) is 1. The summed E-state index contributed by atoms with van der Waals surface area (Å²) >= 11 is 4.90. The summed E-state index contributed by atoms with van der Waals surface area (Å²) in [7, 11) is 1.63. The summed E-state index contributed by atoms with van der Waals surface area (Å²) < 4.78 is 5.07. The first-order chi connectivity index (χ1) is 8.67. The summed E-state index contributed by atoms with van der Waals surface area (Å²) in [5, 5.41) is 3.97. The average molecular weight is 266 g/mol. The molecule has 0 atom stereocenters. The van der Waals surface area contributed by atoms with E-state index in [1.165, 1.54) is 0 Å². The van der Waals surface area contributed by atoms with Crippen molar-refractivity contribution in [1.82, 2.24) is 0 Å². The summed E-state index contributed by atoms with van der Waals surface area (Å²) in [6.07, 6.45) is 1.67. The first kappa shape index (κ1) is 14.4. The van der Waals surface area contributed by atoms with Crippen LogP contribution in [0.3, 0.4) is 0 Å². The van der Waals surface area contributed by atoms with Gasteiger partial charge in [-0.25, -0.2) is 0 Å². The van der Waals surface area contributed by atoms with E-state index in [0.717, 1.165) is 24.2 Å². The van der Waals surface area contributed by atoms with E-state index in [9.17, 15) is 0 Å². The Balaban J connectivity index is 2.53. The Morgan fingerprint density at radius 3 is 2.50 bits per heavy atom. The van der Waals surface area contributed by atoms with Crippen LogP contribution in [0, 0.1) is 0 Å². The summed E-state index contributed by atoms with van der Waals surface area (Å²) in [4.78, 5) is 5.55. The third-order valence-corrected chi connectivity index (χ3v) is 2.57. The molecule has 4 nitrogen and oxygen atoms in total. The Kier molecular flexibility index (Phi) is 6.14. The van der Waals surface area contributed by atoms with Crippen LogP contribution in [-0.2, 0) is 11.4 Å². The fourth-order valence-corrected chi connectivity index (χ4v) is 1.50. The van der Waals surface area contributed by atoms with Crippen LogP contribution in [0.25, 0.3) is 0 Å². The predicted octanol–water partition coefficient (Wildman–Crippen LogP) is 2.65. The number of thiocarbonyl (C=S) groups is 1. The number of ether oxygens (including phenoxy) is 1. The summed E-state index contributed by atoms with van der Waals surface area (Å²) in [6.45, 7) is 2.43. The smallest absolute Gasteiger partial charge is 0.142 e. The van der Waals surface area contributed by atoms with Crippen LogP contribution in [0.4, 0.5) is 0 Å². The van der Waals surface area contributed by atoms with E-state index in [-0.39, 0.29) is 0 Å². The van der Waals surface area contributed by atoms with Gasteiger partial charge in [0.1, 0.15) is 23.1 Å². The minimum Gasteiger partial charge on any atom is -0.497 e. The van der Waals surface area contributed by atoms with Crippen molar-refractivity contribution in [2.75, 3.05) is 7.11 Å². The molecule has 0 heterocycles. The van der Waals surface area contributed by atoms with Gasteiger partial charge in [-0.05, 0) is 24.1 Å². The van der Waals surface area contributed by atoms with Gasteiger partial charge in [-0.1, -0.05) is 42.9 Å². The number of rotatable bonds is 7. The van der Waals surface area contributed by atoms with E-state index in [2.05, 4.69) is 5.16 Å². The molecule has 0 fully saturated rings. The lowest BCUT2D eigenvalue weighted by Crippen LogP contribution is -2.21. The van der Waals surface area contributed by atoms with Crippen molar-refractivity contribution >= 4 is 22.9 Å². The largest absolute Gasteiger partial charge is 0.497 e. The van der Waals surface area contributed by atoms with Crippen molar-refractivity contribution in [3.8, 4) is 5.75 Å². The molecule has 2 N–H and O–H groups in total.